The monoisotopic (exact) mass is 449 g/mol. The highest BCUT2D eigenvalue weighted by Gasteiger charge is 2.26. The molecule has 0 aliphatic carbocycles. The van der Waals surface area contributed by atoms with Gasteiger partial charge in [-0.1, -0.05) is 18.2 Å². The molecule has 2 aromatic rings. The van der Waals surface area contributed by atoms with E-state index in [9.17, 15) is 18.0 Å². The zero-order valence-electron chi connectivity index (χ0n) is 17.3. The number of nitrogens with zero attached hydrogens (tertiary/aromatic N) is 2. The van der Waals surface area contributed by atoms with Crippen molar-refractivity contribution >= 4 is 32.6 Å². The molecular weight excluding hydrogens is 422 g/mol. The number of aromatic nitrogens is 1. The van der Waals surface area contributed by atoms with E-state index in [1.165, 1.54) is 6.20 Å². The Bertz CT molecular complexity index is 1050. The first kappa shape index (κ1) is 21.8. The molecule has 9 nitrogen and oxygen atoms in total. The number of hydrogen-bond donors (Lipinski definition) is 1. The molecule has 0 spiro atoms. The molecule has 4 rings (SSSR count). The van der Waals surface area contributed by atoms with Crippen LogP contribution in [-0.2, 0) is 35.4 Å². The lowest BCUT2D eigenvalue weighted by Crippen LogP contribution is -2.42. The van der Waals surface area contributed by atoms with Gasteiger partial charge in [-0.15, -0.1) is 0 Å². The maximum absolute atomic E-state index is 13.0. The van der Waals surface area contributed by atoms with Crippen LogP contribution in [0.15, 0.2) is 35.4 Å². The SMILES string of the molecule is O=C(CS(=O)(=O)c1cn(CC(=O)N2CCOCC2)c2ccccc12)NC[C@@H]1CCCO1. The van der Waals surface area contributed by atoms with Gasteiger partial charge in [-0.25, -0.2) is 8.42 Å². The molecule has 1 atom stereocenters. The number of carbonyl (C=O) groups is 2. The van der Waals surface area contributed by atoms with Gasteiger partial charge < -0.3 is 24.3 Å². The number of fused-ring (bicyclic) bond motifs is 1. The Morgan fingerprint density at radius 3 is 2.65 bits per heavy atom. The summed E-state index contributed by atoms with van der Waals surface area (Å²) >= 11 is 0. The van der Waals surface area contributed by atoms with Crippen LogP contribution in [0.25, 0.3) is 10.9 Å². The van der Waals surface area contributed by atoms with E-state index in [2.05, 4.69) is 5.32 Å². The molecule has 10 heteroatoms. The molecule has 0 bridgehead atoms. The quantitative estimate of drug-likeness (QED) is 0.662. The minimum Gasteiger partial charge on any atom is -0.378 e. The van der Waals surface area contributed by atoms with Gasteiger partial charge in [0.1, 0.15) is 12.3 Å². The van der Waals surface area contributed by atoms with Crippen LogP contribution in [0.4, 0.5) is 0 Å². The second-order valence-corrected chi connectivity index (χ2v) is 9.79. The Kier molecular flexibility index (Phi) is 6.59. The van der Waals surface area contributed by atoms with E-state index in [1.54, 1.807) is 33.7 Å². The second kappa shape index (κ2) is 9.37. The predicted molar refractivity (Wildman–Crippen MR) is 113 cm³/mol. The number of carbonyl (C=O) groups excluding carboxylic acids is 2. The fraction of sp³-hybridized carbons (Fsp3) is 0.524. The van der Waals surface area contributed by atoms with E-state index >= 15 is 0 Å². The molecule has 1 N–H and O–H groups in total. The third-order valence-electron chi connectivity index (χ3n) is 5.63. The molecule has 1 aromatic carbocycles. The van der Waals surface area contributed by atoms with Crippen molar-refractivity contribution in [3.63, 3.8) is 0 Å². The summed E-state index contributed by atoms with van der Waals surface area (Å²) in [6.07, 6.45) is 3.21. The summed E-state index contributed by atoms with van der Waals surface area (Å²) in [6.45, 7) is 3.05. The number of sulfone groups is 1. The Labute approximate surface area is 181 Å². The molecule has 2 saturated heterocycles. The van der Waals surface area contributed by atoms with Crippen LogP contribution >= 0.6 is 0 Å². The summed E-state index contributed by atoms with van der Waals surface area (Å²) in [6, 6.07) is 7.01. The van der Waals surface area contributed by atoms with Gasteiger partial charge in [0, 0.05) is 43.3 Å². The van der Waals surface area contributed by atoms with Crippen molar-refractivity contribution < 1.29 is 27.5 Å². The number of para-hydroxylation sites is 1. The minimum absolute atomic E-state index is 0.0290. The minimum atomic E-state index is -3.89. The number of rotatable bonds is 7. The number of morpholine rings is 1. The average Bonchev–Trinajstić information content (AvgIpc) is 3.41. The van der Waals surface area contributed by atoms with Gasteiger partial charge >= 0.3 is 0 Å². The fourth-order valence-corrected chi connectivity index (χ4v) is 5.38. The number of hydrogen-bond acceptors (Lipinski definition) is 6. The smallest absolute Gasteiger partial charge is 0.242 e. The number of ether oxygens (including phenoxy) is 2. The largest absolute Gasteiger partial charge is 0.378 e. The topological polar surface area (TPSA) is 107 Å². The molecule has 2 amide bonds. The maximum Gasteiger partial charge on any atom is 0.242 e. The highest BCUT2D eigenvalue weighted by atomic mass is 32.2. The Morgan fingerprint density at radius 1 is 1.13 bits per heavy atom. The maximum atomic E-state index is 13.0. The van der Waals surface area contributed by atoms with Crippen LogP contribution in [-0.4, -0.2) is 81.0 Å². The molecule has 0 unspecified atom stereocenters. The van der Waals surface area contributed by atoms with E-state index in [1.807, 2.05) is 0 Å². The molecule has 3 heterocycles. The van der Waals surface area contributed by atoms with Crippen molar-refractivity contribution in [1.82, 2.24) is 14.8 Å². The first-order valence-corrected chi connectivity index (χ1v) is 12.1. The van der Waals surface area contributed by atoms with E-state index in [-0.39, 0.29) is 23.5 Å². The summed E-state index contributed by atoms with van der Waals surface area (Å²) in [5.74, 6) is -1.30. The highest BCUT2D eigenvalue weighted by molar-refractivity contribution is 7.92. The van der Waals surface area contributed by atoms with Gasteiger partial charge in [0.2, 0.25) is 11.8 Å². The fourth-order valence-electron chi connectivity index (χ4n) is 3.98. The van der Waals surface area contributed by atoms with E-state index in [4.69, 9.17) is 9.47 Å². The Hall–Kier alpha value is -2.43. The number of benzene rings is 1. The molecule has 2 aliphatic rings. The van der Waals surface area contributed by atoms with Gasteiger partial charge in [-0.05, 0) is 18.9 Å². The molecule has 31 heavy (non-hydrogen) atoms. The third kappa shape index (κ3) is 5.08. The summed E-state index contributed by atoms with van der Waals surface area (Å²) in [5, 5.41) is 3.16. The first-order valence-electron chi connectivity index (χ1n) is 10.5. The third-order valence-corrected chi connectivity index (χ3v) is 7.27. The van der Waals surface area contributed by atoms with Crippen LogP contribution in [0, 0.1) is 0 Å². The van der Waals surface area contributed by atoms with Crippen LogP contribution in [0.5, 0.6) is 0 Å². The number of nitrogens with one attached hydrogen (secondary N) is 1. The average molecular weight is 450 g/mol. The van der Waals surface area contributed by atoms with Crippen molar-refractivity contribution in [2.45, 2.75) is 30.4 Å². The molecular formula is C21H27N3O6S. The van der Waals surface area contributed by atoms with Crippen molar-refractivity contribution in [2.24, 2.45) is 0 Å². The van der Waals surface area contributed by atoms with Crippen molar-refractivity contribution in [3.8, 4) is 0 Å². The zero-order valence-corrected chi connectivity index (χ0v) is 18.1. The standard InChI is InChI=1S/C21H27N3O6S/c25-20(22-12-16-4-3-9-30-16)15-31(27,28)19-13-24(18-6-2-1-5-17(18)19)14-21(26)23-7-10-29-11-8-23/h1-2,5-6,13,16H,3-4,7-12,14-15H2,(H,22,25)/t16-/m0/s1. The molecule has 0 radical (unpaired) electrons. The molecule has 2 fully saturated rings. The van der Waals surface area contributed by atoms with Crippen LogP contribution in [0.2, 0.25) is 0 Å². The van der Waals surface area contributed by atoms with Crippen LogP contribution in [0.3, 0.4) is 0 Å². The highest BCUT2D eigenvalue weighted by Crippen LogP contribution is 2.26. The van der Waals surface area contributed by atoms with E-state index in [0.29, 0.717) is 50.4 Å². The van der Waals surface area contributed by atoms with E-state index < -0.39 is 21.5 Å². The molecule has 1 aromatic heterocycles. The lowest BCUT2D eigenvalue weighted by Gasteiger charge is -2.27. The van der Waals surface area contributed by atoms with Crippen molar-refractivity contribution in [2.75, 3.05) is 45.2 Å². The van der Waals surface area contributed by atoms with Gasteiger partial charge in [0.15, 0.2) is 9.84 Å². The van der Waals surface area contributed by atoms with Crippen molar-refractivity contribution in [3.05, 3.63) is 30.5 Å². The lowest BCUT2D eigenvalue weighted by atomic mass is 10.2. The van der Waals surface area contributed by atoms with Crippen molar-refractivity contribution in [1.29, 1.82) is 0 Å². The summed E-state index contributed by atoms with van der Waals surface area (Å²) in [4.78, 5) is 26.7. The summed E-state index contributed by atoms with van der Waals surface area (Å²) < 4.78 is 38.5. The summed E-state index contributed by atoms with van der Waals surface area (Å²) in [5.41, 5.74) is 0.641. The Balaban J connectivity index is 1.51. The van der Waals surface area contributed by atoms with Gasteiger partial charge in [0.25, 0.3) is 0 Å². The molecule has 0 saturated carbocycles. The summed E-state index contributed by atoms with van der Waals surface area (Å²) in [7, 11) is -3.89. The first-order chi connectivity index (χ1) is 14.9. The zero-order chi connectivity index (χ0) is 21.8. The van der Waals surface area contributed by atoms with E-state index in [0.717, 1.165) is 12.8 Å². The number of amides is 2. The van der Waals surface area contributed by atoms with Gasteiger partial charge in [0.05, 0.1) is 24.2 Å². The van der Waals surface area contributed by atoms with Crippen LogP contribution in [0.1, 0.15) is 12.8 Å². The van der Waals surface area contributed by atoms with Crippen LogP contribution < -0.4 is 5.32 Å². The normalized spacial score (nSPS) is 19.6. The molecule has 168 valence electrons. The second-order valence-electron chi connectivity index (χ2n) is 7.83. The predicted octanol–water partition coefficient (Wildman–Crippen LogP) is 0.569. The molecule has 2 aliphatic heterocycles. The Morgan fingerprint density at radius 2 is 1.90 bits per heavy atom. The van der Waals surface area contributed by atoms with Gasteiger partial charge in [-0.2, -0.15) is 0 Å². The van der Waals surface area contributed by atoms with Gasteiger partial charge in [-0.3, -0.25) is 9.59 Å². The lowest BCUT2D eigenvalue weighted by molar-refractivity contribution is -0.135.